The average molecular weight is 535 g/mol. The number of aromatic nitrogens is 2. The van der Waals surface area contributed by atoms with E-state index >= 15 is 0 Å². The average Bonchev–Trinajstić information content (AvgIpc) is 3.79. The Morgan fingerprint density at radius 3 is 2.54 bits per heavy atom. The molecule has 208 valence electrons. The summed E-state index contributed by atoms with van der Waals surface area (Å²) >= 11 is 0. The summed E-state index contributed by atoms with van der Waals surface area (Å²) in [5, 5.41) is 20.2. The molecular weight excluding hydrogens is 496 g/mol. The minimum Gasteiger partial charge on any atom is -0.390 e. The van der Waals surface area contributed by atoms with Crippen LogP contribution in [0, 0.1) is 5.92 Å². The Hall–Kier alpha value is -3.28. The summed E-state index contributed by atoms with van der Waals surface area (Å²) in [6.07, 6.45) is 2.29. The summed E-state index contributed by atoms with van der Waals surface area (Å²) < 4.78 is 0. The molecule has 11 nitrogen and oxygen atoms in total. The molecule has 0 bridgehead atoms. The third-order valence-corrected chi connectivity index (χ3v) is 8.06. The Kier molecular flexibility index (Phi) is 7.62. The summed E-state index contributed by atoms with van der Waals surface area (Å²) in [6, 6.07) is 10.4. The molecule has 1 aromatic carbocycles. The summed E-state index contributed by atoms with van der Waals surface area (Å²) in [6.45, 7) is 6.56. The van der Waals surface area contributed by atoms with Crippen molar-refractivity contribution in [1.82, 2.24) is 30.4 Å². The maximum absolute atomic E-state index is 13.1. The van der Waals surface area contributed by atoms with Gasteiger partial charge in [0.1, 0.15) is 11.5 Å². The van der Waals surface area contributed by atoms with Crippen molar-refractivity contribution >= 4 is 23.6 Å². The van der Waals surface area contributed by atoms with Gasteiger partial charge in [0.05, 0.1) is 12.1 Å². The number of benzene rings is 1. The number of nitrogens with one attached hydrogen (secondary N) is 3. The van der Waals surface area contributed by atoms with E-state index in [1.54, 1.807) is 6.07 Å². The summed E-state index contributed by atoms with van der Waals surface area (Å²) in [5.41, 5.74) is 2.94. The van der Waals surface area contributed by atoms with Crippen LogP contribution in [-0.2, 0) is 17.8 Å². The van der Waals surface area contributed by atoms with Crippen LogP contribution in [0.2, 0.25) is 0 Å². The molecule has 4 aliphatic rings. The zero-order valence-electron chi connectivity index (χ0n) is 22.3. The quantitative estimate of drug-likeness (QED) is 0.354. The third-order valence-electron chi connectivity index (χ3n) is 8.06. The van der Waals surface area contributed by atoms with E-state index in [2.05, 4.69) is 44.0 Å². The monoisotopic (exact) mass is 534 g/mol. The lowest BCUT2D eigenvalue weighted by Crippen LogP contribution is -2.52. The molecule has 1 saturated carbocycles. The first-order valence-corrected chi connectivity index (χ1v) is 14.2. The molecule has 0 spiro atoms. The molecule has 3 fully saturated rings. The predicted molar refractivity (Wildman–Crippen MR) is 148 cm³/mol. The second-order valence-corrected chi connectivity index (χ2v) is 11.1. The lowest BCUT2D eigenvalue weighted by Gasteiger charge is -2.35. The Morgan fingerprint density at radius 1 is 1.05 bits per heavy atom. The highest BCUT2D eigenvalue weighted by Gasteiger charge is 2.35. The third kappa shape index (κ3) is 6.32. The molecule has 1 aromatic heterocycles. The molecular formula is C28H38N8O3. The van der Waals surface area contributed by atoms with Crippen LogP contribution in [0.5, 0.6) is 0 Å². The highest BCUT2D eigenvalue weighted by molar-refractivity contribution is 5.93. The van der Waals surface area contributed by atoms with E-state index in [4.69, 9.17) is 4.98 Å². The van der Waals surface area contributed by atoms with Crippen molar-refractivity contribution in [3.8, 4) is 0 Å². The van der Waals surface area contributed by atoms with Gasteiger partial charge in [-0.25, -0.2) is 4.98 Å². The highest BCUT2D eigenvalue weighted by Crippen LogP contribution is 2.31. The van der Waals surface area contributed by atoms with Gasteiger partial charge in [0, 0.05) is 77.4 Å². The largest absolute Gasteiger partial charge is 0.390 e. The van der Waals surface area contributed by atoms with Gasteiger partial charge in [-0.15, -0.1) is 0 Å². The molecule has 4 N–H and O–H groups in total. The number of amides is 2. The normalized spacial score (nSPS) is 20.6. The molecule has 4 heterocycles. The molecule has 11 heteroatoms. The van der Waals surface area contributed by atoms with Crippen LogP contribution in [-0.4, -0.2) is 108 Å². The second kappa shape index (κ2) is 11.4. The number of anilines is 2. The van der Waals surface area contributed by atoms with Crippen LogP contribution in [0.15, 0.2) is 30.3 Å². The van der Waals surface area contributed by atoms with E-state index in [0.29, 0.717) is 44.5 Å². The number of carbonyl (C=O) groups excluding carboxylic acids is 2. The first-order valence-electron chi connectivity index (χ1n) is 14.2. The van der Waals surface area contributed by atoms with Crippen molar-refractivity contribution in [2.45, 2.75) is 38.0 Å². The van der Waals surface area contributed by atoms with Crippen molar-refractivity contribution in [3.05, 3.63) is 47.2 Å². The van der Waals surface area contributed by atoms with Crippen LogP contribution in [0.3, 0.4) is 0 Å². The minimum absolute atomic E-state index is 0.146. The van der Waals surface area contributed by atoms with E-state index in [9.17, 15) is 14.7 Å². The van der Waals surface area contributed by atoms with Crippen LogP contribution < -0.4 is 20.9 Å². The van der Waals surface area contributed by atoms with Gasteiger partial charge in [-0.3, -0.25) is 14.5 Å². The van der Waals surface area contributed by atoms with Crippen molar-refractivity contribution in [2.75, 3.05) is 69.1 Å². The van der Waals surface area contributed by atoms with Crippen molar-refractivity contribution < 1.29 is 14.7 Å². The van der Waals surface area contributed by atoms with Gasteiger partial charge in [-0.1, -0.05) is 24.3 Å². The number of hydrogen-bond donors (Lipinski definition) is 4. The standard InChI is InChI=1S/C28H38N8O3/c37-23(18-34-8-7-19-3-1-2-4-21(19)17-34)16-30-26(38)24-13-25(31-22-14-29-15-22)33-28(32-24)36-11-9-35(10-12-36)27(39)20-5-6-20/h1-4,13,20,22-23,29,37H,5-12,14-18H2,(H,30,38)(H,31,32,33). The van der Waals surface area contributed by atoms with E-state index in [-0.39, 0.29) is 36.0 Å². The lowest BCUT2D eigenvalue weighted by atomic mass is 10.00. The van der Waals surface area contributed by atoms with Gasteiger partial charge in [0.25, 0.3) is 5.91 Å². The number of carbonyl (C=O) groups is 2. The van der Waals surface area contributed by atoms with Gasteiger partial charge in [0.2, 0.25) is 11.9 Å². The summed E-state index contributed by atoms with van der Waals surface area (Å²) in [7, 11) is 0. The number of β-amino-alcohol motifs (C(OH)–C–C–N with tert-alkyl or cyclic N) is 1. The molecule has 0 radical (unpaired) electrons. The van der Waals surface area contributed by atoms with Crippen molar-refractivity contribution in [1.29, 1.82) is 0 Å². The van der Waals surface area contributed by atoms with Crippen LogP contribution in [0.1, 0.15) is 34.5 Å². The lowest BCUT2D eigenvalue weighted by molar-refractivity contribution is -0.132. The van der Waals surface area contributed by atoms with Crippen LogP contribution in [0.25, 0.3) is 0 Å². The Bertz CT molecular complexity index is 1190. The zero-order chi connectivity index (χ0) is 26.8. The predicted octanol–water partition coefficient (Wildman–Crippen LogP) is 0.0679. The maximum atomic E-state index is 13.1. The van der Waals surface area contributed by atoms with Crippen molar-refractivity contribution in [3.63, 3.8) is 0 Å². The first-order chi connectivity index (χ1) is 19.0. The van der Waals surface area contributed by atoms with Gasteiger partial charge in [-0.05, 0) is 30.4 Å². The molecule has 2 saturated heterocycles. The van der Waals surface area contributed by atoms with E-state index < -0.39 is 6.10 Å². The second-order valence-electron chi connectivity index (χ2n) is 11.1. The SMILES string of the molecule is O=C(NCC(O)CN1CCc2ccccc2C1)c1cc(NC2CNC2)nc(N2CCN(C(=O)C3CC3)CC2)n1. The zero-order valence-corrected chi connectivity index (χ0v) is 22.3. The molecule has 1 aliphatic carbocycles. The van der Waals surface area contributed by atoms with Gasteiger partial charge in [0.15, 0.2) is 0 Å². The molecule has 1 atom stereocenters. The molecule has 3 aliphatic heterocycles. The Balaban J connectivity index is 1.07. The van der Waals surface area contributed by atoms with Gasteiger partial charge in [-0.2, -0.15) is 4.98 Å². The van der Waals surface area contributed by atoms with E-state index in [1.807, 2.05) is 15.9 Å². The number of aliphatic hydroxyl groups is 1. The Morgan fingerprint density at radius 2 is 1.82 bits per heavy atom. The van der Waals surface area contributed by atoms with E-state index in [1.165, 1.54) is 11.1 Å². The number of fused-ring (bicyclic) bond motifs is 1. The molecule has 1 unspecified atom stereocenters. The van der Waals surface area contributed by atoms with Crippen LogP contribution >= 0.6 is 0 Å². The first kappa shape index (κ1) is 26.0. The number of nitrogens with zero attached hydrogens (tertiary/aromatic N) is 5. The number of piperazine rings is 1. The molecule has 2 amide bonds. The van der Waals surface area contributed by atoms with Crippen LogP contribution in [0.4, 0.5) is 11.8 Å². The fourth-order valence-corrected chi connectivity index (χ4v) is 5.46. The topological polar surface area (TPSA) is 126 Å². The summed E-state index contributed by atoms with van der Waals surface area (Å²) in [4.78, 5) is 41.1. The molecule has 39 heavy (non-hydrogen) atoms. The highest BCUT2D eigenvalue weighted by atomic mass is 16.3. The van der Waals surface area contributed by atoms with Gasteiger partial charge < -0.3 is 30.9 Å². The fraction of sp³-hybridized carbons (Fsp3) is 0.571. The number of hydrogen-bond acceptors (Lipinski definition) is 9. The fourth-order valence-electron chi connectivity index (χ4n) is 5.46. The van der Waals surface area contributed by atoms with Crippen molar-refractivity contribution in [2.24, 2.45) is 5.92 Å². The minimum atomic E-state index is -0.684. The number of rotatable bonds is 9. The summed E-state index contributed by atoms with van der Waals surface area (Å²) in [5.74, 6) is 1.24. The Labute approximate surface area is 229 Å². The number of aliphatic hydroxyl groups excluding tert-OH is 1. The van der Waals surface area contributed by atoms with Gasteiger partial charge >= 0.3 is 0 Å². The molecule has 6 rings (SSSR count). The maximum Gasteiger partial charge on any atom is 0.270 e. The smallest absolute Gasteiger partial charge is 0.270 e. The molecule has 2 aromatic rings. The van der Waals surface area contributed by atoms with E-state index in [0.717, 1.165) is 45.4 Å².